The fourth-order valence-corrected chi connectivity index (χ4v) is 1.99. The van der Waals surface area contributed by atoms with Crippen LogP contribution in [0.4, 0.5) is 4.39 Å². The molecule has 112 valence electrons. The highest BCUT2D eigenvalue weighted by Crippen LogP contribution is 2.19. The molecule has 0 atom stereocenters. The second-order valence-electron chi connectivity index (χ2n) is 5.76. The zero-order chi connectivity index (χ0) is 15.0. The molecule has 0 saturated heterocycles. The van der Waals surface area contributed by atoms with Crippen LogP contribution in [0.2, 0.25) is 0 Å². The van der Waals surface area contributed by atoms with Crippen LogP contribution in [0.15, 0.2) is 18.2 Å². The summed E-state index contributed by atoms with van der Waals surface area (Å²) in [7, 11) is 0. The fraction of sp³-hybridized carbons (Fsp3) is 0.588. The molecule has 0 fully saturated rings. The van der Waals surface area contributed by atoms with Crippen molar-refractivity contribution >= 4 is 5.78 Å². The molecule has 1 aromatic rings. The lowest BCUT2D eigenvalue weighted by Crippen LogP contribution is -2.05. The topological polar surface area (TPSA) is 26.3 Å². The third-order valence-corrected chi connectivity index (χ3v) is 3.01. The van der Waals surface area contributed by atoms with Gasteiger partial charge in [0.05, 0.1) is 6.61 Å². The first kappa shape index (κ1) is 16.7. The number of hydrogen-bond donors (Lipinski definition) is 0. The van der Waals surface area contributed by atoms with Gasteiger partial charge < -0.3 is 9.53 Å². The van der Waals surface area contributed by atoms with Gasteiger partial charge in [-0.1, -0.05) is 20.3 Å². The van der Waals surface area contributed by atoms with Crippen LogP contribution in [0.25, 0.3) is 0 Å². The van der Waals surface area contributed by atoms with Crippen LogP contribution in [-0.2, 0) is 11.2 Å². The Hall–Kier alpha value is -1.38. The van der Waals surface area contributed by atoms with Gasteiger partial charge >= 0.3 is 0 Å². The maximum atomic E-state index is 13.5. The van der Waals surface area contributed by atoms with Crippen molar-refractivity contribution in [3.8, 4) is 5.75 Å². The van der Waals surface area contributed by atoms with Gasteiger partial charge in [0.2, 0.25) is 0 Å². The van der Waals surface area contributed by atoms with Crippen molar-refractivity contribution in [1.29, 1.82) is 0 Å². The maximum Gasteiger partial charge on any atom is 0.129 e. The number of carbonyl (C=O) groups excluding carboxylic acids is 1. The highest BCUT2D eigenvalue weighted by atomic mass is 19.1. The van der Waals surface area contributed by atoms with Crippen molar-refractivity contribution < 1.29 is 13.9 Å². The zero-order valence-electron chi connectivity index (χ0n) is 12.7. The molecule has 0 aliphatic heterocycles. The van der Waals surface area contributed by atoms with E-state index in [9.17, 15) is 9.18 Å². The van der Waals surface area contributed by atoms with E-state index in [0.29, 0.717) is 24.7 Å². The molecule has 3 heteroatoms. The quantitative estimate of drug-likeness (QED) is 0.620. The molecule has 0 aromatic heterocycles. The number of aryl methyl sites for hydroxylation is 1. The highest BCUT2D eigenvalue weighted by molar-refractivity contribution is 5.75. The molecule has 0 unspecified atom stereocenters. The zero-order valence-corrected chi connectivity index (χ0v) is 12.7. The molecule has 0 spiro atoms. The Balaban J connectivity index is 2.42. The van der Waals surface area contributed by atoms with Gasteiger partial charge in [-0.05, 0) is 49.8 Å². The predicted octanol–water partition coefficient (Wildman–Crippen LogP) is 4.55. The van der Waals surface area contributed by atoms with Crippen molar-refractivity contribution in [3.05, 3.63) is 29.6 Å². The summed E-state index contributed by atoms with van der Waals surface area (Å²) in [5.41, 5.74) is 0.964. The smallest absolute Gasteiger partial charge is 0.129 e. The van der Waals surface area contributed by atoms with Gasteiger partial charge in [0, 0.05) is 12.5 Å². The fourth-order valence-electron chi connectivity index (χ4n) is 1.99. The summed E-state index contributed by atoms with van der Waals surface area (Å²) in [4.78, 5) is 10.8. The summed E-state index contributed by atoms with van der Waals surface area (Å²) < 4.78 is 19.1. The van der Waals surface area contributed by atoms with Crippen LogP contribution in [0.1, 0.15) is 52.0 Å². The Morgan fingerprint density at radius 1 is 1.20 bits per heavy atom. The van der Waals surface area contributed by atoms with Crippen LogP contribution in [0, 0.1) is 11.7 Å². The lowest BCUT2D eigenvalue weighted by molar-refractivity contribution is -0.117. The Kier molecular flexibility index (Phi) is 7.27. The van der Waals surface area contributed by atoms with Crippen LogP contribution in [0.5, 0.6) is 5.75 Å². The molecule has 0 aliphatic carbocycles. The normalized spacial score (nSPS) is 10.8. The van der Waals surface area contributed by atoms with Crippen molar-refractivity contribution in [1.82, 2.24) is 0 Å². The van der Waals surface area contributed by atoms with Crippen LogP contribution >= 0.6 is 0 Å². The largest absolute Gasteiger partial charge is 0.493 e. The van der Waals surface area contributed by atoms with Crippen LogP contribution < -0.4 is 4.74 Å². The number of ether oxygens (including phenoxy) is 1. The molecule has 0 radical (unpaired) electrons. The molecule has 0 amide bonds. The molecule has 0 saturated carbocycles. The second kappa shape index (κ2) is 8.72. The van der Waals surface area contributed by atoms with Gasteiger partial charge in [-0.2, -0.15) is 0 Å². The second-order valence-corrected chi connectivity index (χ2v) is 5.76. The van der Waals surface area contributed by atoms with Gasteiger partial charge in [-0.15, -0.1) is 0 Å². The Bertz CT molecular complexity index is 427. The van der Waals surface area contributed by atoms with Crippen molar-refractivity contribution in [3.63, 3.8) is 0 Å². The minimum absolute atomic E-state index is 0.236. The highest BCUT2D eigenvalue weighted by Gasteiger charge is 2.04. The van der Waals surface area contributed by atoms with E-state index in [2.05, 4.69) is 13.8 Å². The van der Waals surface area contributed by atoms with E-state index in [0.717, 1.165) is 31.2 Å². The molecule has 1 aromatic carbocycles. The maximum absolute atomic E-state index is 13.5. The molecule has 0 aliphatic rings. The Morgan fingerprint density at radius 3 is 2.60 bits per heavy atom. The predicted molar refractivity (Wildman–Crippen MR) is 79.6 cm³/mol. The molecule has 0 bridgehead atoms. The lowest BCUT2D eigenvalue weighted by atomic mass is 10.0. The number of rotatable bonds is 9. The van der Waals surface area contributed by atoms with Crippen LogP contribution in [0.3, 0.4) is 0 Å². The summed E-state index contributed by atoms with van der Waals surface area (Å²) in [6.45, 7) is 6.34. The molecule has 1 rings (SSSR count). The Morgan fingerprint density at radius 2 is 1.95 bits per heavy atom. The van der Waals surface area contributed by atoms with Gasteiger partial charge in [0.25, 0.3) is 0 Å². The molecule has 0 N–H and O–H groups in total. The third kappa shape index (κ3) is 7.27. The number of Topliss-reactive ketones (excluding diaryl/α,β-unsaturated/α-hetero) is 1. The van der Waals surface area contributed by atoms with Crippen LogP contribution in [-0.4, -0.2) is 12.4 Å². The standard InChI is InChI=1S/C17H25FO2/c1-13(2)12-20-17-10-15(9-16(18)11-17)8-6-4-5-7-14(3)19/h9-11,13H,4-8,12H2,1-3H3. The minimum atomic E-state index is -0.245. The lowest BCUT2D eigenvalue weighted by Gasteiger charge is -2.10. The van der Waals surface area contributed by atoms with Crippen molar-refractivity contribution in [2.24, 2.45) is 5.92 Å². The molecular weight excluding hydrogens is 255 g/mol. The molecule has 2 nitrogen and oxygen atoms in total. The minimum Gasteiger partial charge on any atom is -0.493 e. The average molecular weight is 280 g/mol. The van der Waals surface area contributed by atoms with E-state index in [1.165, 1.54) is 6.07 Å². The Labute approximate surface area is 121 Å². The first-order chi connectivity index (χ1) is 9.47. The van der Waals surface area contributed by atoms with Gasteiger partial charge in [0.15, 0.2) is 0 Å². The number of ketones is 1. The van der Waals surface area contributed by atoms with E-state index < -0.39 is 0 Å². The third-order valence-electron chi connectivity index (χ3n) is 3.01. The summed E-state index contributed by atoms with van der Waals surface area (Å²) in [6, 6.07) is 4.91. The van der Waals surface area contributed by atoms with Gasteiger partial charge in [-0.3, -0.25) is 0 Å². The van der Waals surface area contributed by atoms with Crippen molar-refractivity contribution in [2.45, 2.75) is 52.9 Å². The van der Waals surface area contributed by atoms with Gasteiger partial charge in [0.1, 0.15) is 17.3 Å². The van der Waals surface area contributed by atoms with Crippen molar-refractivity contribution in [2.75, 3.05) is 6.61 Å². The summed E-state index contributed by atoms with van der Waals surface area (Å²) >= 11 is 0. The summed E-state index contributed by atoms with van der Waals surface area (Å²) in [5, 5.41) is 0. The van der Waals surface area contributed by atoms with E-state index >= 15 is 0 Å². The monoisotopic (exact) mass is 280 g/mol. The molecule has 20 heavy (non-hydrogen) atoms. The van der Waals surface area contributed by atoms with E-state index in [1.54, 1.807) is 13.0 Å². The summed E-state index contributed by atoms with van der Waals surface area (Å²) in [5.74, 6) is 1.02. The number of carbonyl (C=O) groups is 1. The number of unbranched alkanes of at least 4 members (excludes halogenated alkanes) is 2. The molecule has 0 heterocycles. The summed E-state index contributed by atoms with van der Waals surface area (Å²) in [6.07, 6.45) is 4.36. The van der Waals surface area contributed by atoms with E-state index in [1.807, 2.05) is 6.07 Å². The number of benzene rings is 1. The van der Waals surface area contributed by atoms with E-state index in [4.69, 9.17) is 4.74 Å². The number of hydrogen-bond acceptors (Lipinski definition) is 2. The first-order valence-electron chi connectivity index (χ1n) is 7.39. The first-order valence-corrected chi connectivity index (χ1v) is 7.39. The van der Waals surface area contributed by atoms with Gasteiger partial charge in [-0.25, -0.2) is 4.39 Å². The van der Waals surface area contributed by atoms with E-state index in [-0.39, 0.29) is 11.6 Å². The number of halogens is 1. The average Bonchev–Trinajstić information content (AvgIpc) is 2.35. The molecular formula is C17H25FO2. The SMILES string of the molecule is CC(=O)CCCCCc1cc(F)cc(OCC(C)C)c1.